The van der Waals surface area contributed by atoms with Crippen LogP contribution in [0.4, 0.5) is 0 Å². The molecule has 0 bridgehead atoms. The normalized spacial score (nSPS) is 15.3. The fourth-order valence-corrected chi connectivity index (χ4v) is 1.49. The van der Waals surface area contributed by atoms with Gasteiger partial charge in [-0.3, -0.25) is 9.59 Å². The second-order valence-corrected chi connectivity index (χ2v) is 3.91. The molecule has 0 aromatic carbocycles. The average Bonchev–Trinajstić information content (AvgIpc) is 2.29. The van der Waals surface area contributed by atoms with Crippen molar-refractivity contribution >= 4 is 17.5 Å². The largest absolute Gasteiger partial charge is 0.351 e. The summed E-state index contributed by atoms with van der Waals surface area (Å²) in [5, 5.41) is 6.54. The average molecular weight is 225 g/mol. The smallest absolute Gasteiger partial charge is 0.267 e. The van der Waals surface area contributed by atoms with Gasteiger partial charge in [0.05, 0.1) is 0 Å². The van der Waals surface area contributed by atoms with Crippen LogP contribution in [-0.4, -0.2) is 24.1 Å². The van der Waals surface area contributed by atoms with Crippen molar-refractivity contribution in [2.75, 3.05) is 6.54 Å². The molecule has 0 aliphatic carbocycles. The van der Waals surface area contributed by atoms with Gasteiger partial charge >= 0.3 is 0 Å². The van der Waals surface area contributed by atoms with Crippen LogP contribution in [0, 0.1) is 0 Å². The zero-order valence-corrected chi connectivity index (χ0v) is 9.71. The minimum Gasteiger partial charge on any atom is -0.351 e. The van der Waals surface area contributed by atoms with Crippen LogP contribution in [0.25, 0.3) is 0 Å². The number of carbonyl (C=O) groups is 2. The van der Waals surface area contributed by atoms with E-state index in [4.69, 9.17) is 0 Å². The lowest BCUT2D eigenvalue weighted by Gasteiger charge is -2.11. The molecule has 0 unspecified atom stereocenters. The highest BCUT2D eigenvalue weighted by Gasteiger charge is 2.17. The highest BCUT2D eigenvalue weighted by molar-refractivity contribution is 6.39. The lowest BCUT2D eigenvalue weighted by Crippen LogP contribution is -2.37. The zero-order valence-electron chi connectivity index (χ0n) is 9.71. The molecular weight excluding hydrogens is 206 g/mol. The SMILES string of the molecule is CCCCCCNC(=O)C1=NNC(=O)CC1. The van der Waals surface area contributed by atoms with Crippen LogP contribution in [0.15, 0.2) is 5.10 Å². The van der Waals surface area contributed by atoms with Gasteiger partial charge in [0.25, 0.3) is 5.91 Å². The van der Waals surface area contributed by atoms with E-state index in [1.54, 1.807) is 0 Å². The summed E-state index contributed by atoms with van der Waals surface area (Å²) >= 11 is 0. The number of hydrogen-bond acceptors (Lipinski definition) is 3. The lowest BCUT2D eigenvalue weighted by molar-refractivity contribution is -0.121. The molecule has 1 aliphatic rings. The Balaban J connectivity index is 2.17. The van der Waals surface area contributed by atoms with E-state index in [2.05, 4.69) is 22.8 Å². The third kappa shape index (κ3) is 4.42. The highest BCUT2D eigenvalue weighted by Crippen LogP contribution is 2.00. The molecule has 5 heteroatoms. The third-order valence-corrected chi connectivity index (χ3v) is 2.48. The van der Waals surface area contributed by atoms with Gasteiger partial charge in [0.15, 0.2) is 0 Å². The number of hydrazone groups is 1. The Morgan fingerprint density at radius 1 is 1.38 bits per heavy atom. The molecule has 1 heterocycles. The maximum absolute atomic E-state index is 11.5. The second kappa shape index (κ2) is 6.98. The molecule has 2 N–H and O–H groups in total. The van der Waals surface area contributed by atoms with Gasteiger partial charge in [-0.25, -0.2) is 5.43 Å². The van der Waals surface area contributed by atoms with Crippen LogP contribution in [0.5, 0.6) is 0 Å². The molecule has 2 amide bonds. The van der Waals surface area contributed by atoms with Crippen LogP contribution in [0.2, 0.25) is 0 Å². The number of rotatable bonds is 6. The predicted molar refractivity (Wildman–Crippen MR) is 62.0 cm³/mol. The standard InChI is InChI=1S/C11H19N3O2/c1-2-3-4-5-8-12-11(16)9-6-7-10(15)14-13-9/h2-8H2,1H3,(H,12,16)(H,14,15). The number of hydrogen-bond donors (Lipinski definition) is 2. The summed E-state index contributed by atoms with van der Waals surface area (Å²) in [6.07, 6.45) is 5.31. The molecule has 0 saturated heterocycles. The Hall–Kier alpha value is -1.39. The molecule has 1 rings (SSSR count). The van der Waals surface area contributed by atoms with Gasteiger partial charge in [0, 0.05) is 19.4 Å². The summed E-state index contributed by atoms with van der Waals surface area (Å²) in [4.78, 5) is 22.4. The summed E-state index contributed by atoms with van der Waals surface area (Å²) in [7, 11) is 0. The van der Waals surface area contributed by atoms with E-state index in [1.807, 2.05) is 0 Å². The molecule has 16 heavy (non-hydrogen) atoms. The molecular formula is C11H19N3O2. The first-order valence-electron chi connectivity index (χ1n) is 5.87. The van der Waals surface area contributed by atoms with Gasteiger partial charge in [-0.2, -0.15) is 5.10 Å². The highest BCUT2D eigenvalue weighted by atomic mass is 16.2. The van der Waals surface area contributed by atoms with Crippen LogP contribution in [0.3, 0.4) is 0 Å². The molecule has 1 aliphatic heterocycles. The van der Waals surface area contributed by atoms with E-state index in [-0.39, 0.29) is 11.8 Å². The fourth-order valence-electron chi connectivity index (χ4n) is 1.49. The van der Waals surface area contributed by atoms with Gasteiger partial charge in [0.2, 0.25) is 5.91 Å². The minimum absolute atomic E-state index is 0.125. The molecule has 0 aromatic rings. The van der Waals surface area contributed by atoms with E-state index in [9.17, 15) is 9.59 Å². The minimum atomic E-state index is -0.156. The van der Waals surface area contributed by atoms with Gasteiger partial charge in [-0.05, 0) is 6.42 Å². The lowest BCUT2D eigenvalue weighted by atomic mass is 10.1. The fraction of sp³-hybridized carbons (Fsp3) is 0.727. The topological polar surface area (TPSA) is 70.6 Å². The van der Waals surface area contributed by atoms with E-state index >= 15 is 0 Å². The van der Waals surface area contributed by atoms with Crippen molar-refractivity contribution in [1.29, 1.82) is 0 Å². The van der Waals surface area contributed by atoms with Crippen molar-refractivity contribution in [3.05, 3.63) is 0 Å². The van der Waals surface area contributed by atoms with Gasteiger partial charge in [0.1, 0.15) is 5.71 Å². The third-order valence-electron chi connectivity index (χ3n) is 2.48. The Labute approximate surface area is 95.7 Å². The van der Waals surface area contributed by atoms with Crippen LogP contribution in [0.1, 0.15) is 45.4 Å². The number of carbonyl (C=O) groups excluding carboxylic acids is 2. The van der Waals surface area contributed by atoms with Crippen molar-refractivity contribution < 1.29 is 9.59 Å². The van der Waals surface area contributed by atoms with E-state index in [1.165, 1.54) is 12.8 Å². The number of amides is 2. The van der Waals surface area contributed by atoms with Crippen LogP contribution in [-0.2, 0) is 9.59 Å². The molecule has 90 valence electrons. The predicted octanol–water partition coefficient (Wildman–Crippen LogP) is 0.949. The molecule has 0 radical (unpaired) electrons. The zero-order chi connectivity index (χ0) is 11.8. The van der Waals surface area contributed by atoms with Crippen molar-refractivity contribution in [2.45, 2.75) is 45.4 Å². The molecule has 5 nitrogen and oxygen atoms in total. The van der Waals surface area contributed by atoms with E-state index < -0.39 is 0 Å². The maximum Gasteiger partial charge on any atom is 0.267 e. The van der Waals surface area contributed by atoms with E-state index in [0.717, 1.165) is 12.8 Å². The van der Waals surface area contributed by atoms with Gasteiger partial charge < -0.3 is 5.32 Å². The number of unbranched alkanes of at least 4 members (excludes halogenated alkanes) is 3. The van der Waals surface area contributed by atoms with E-state index in [0.29, 0.717) is 25.1 Å². The summed E-state index contributed by atoms with van der Waals surface area (Å²) in [5.41, 5.74) is 2.74. The monoisotopic (exact) mass is 225 g/mol. The van der Waals surface area contributed by atoms with Crippen molar-refractivity contribution in [3.8, 4) is 0 Å². The first kappa shape index (κ1) is 12.7. The van der Waals surface area contributed by atoms with Crippen LogP contribution < -0.4 is 10.7 Å². The quantitative estimate of drug-likeness (QED) is 0.661. The Kier molecular flexibility index (Phi) is 5.53. The van der Waals surface area contributed by atoms with Crippen molar-refractivity contribution in [1.82, 2.24) is 10.7 Å². The molecule has 0 spiro atoms. The van der Waals surface area contributed by atoms with Crippen LogP contribution >= 0.6 is 0 Å². The summed E-state index contributed by atoms with van der Waals surface area (Å²) < 4.78 is 0. The molecule has 0 fully saturated rings. The Morgan fingerprint density at radius 3 is 2.81 bits per heavy atom. The number of nitrogens with one attached hydrogen (secondary N) is 2. The second-order valence-electron chi connectivity index (χ2n) is 3.91. The Bertz CT molecular complexity index is 287. The summed E-state index contributed by atoms with van der Waals surface area (Å²) in [6.45, 7) is 2.84. The first-order valence-corrected chi connectivity index (χ1v) is 5.87. The molecule has 0 aromatic heterocycles. The number of nitrogens with zero attached hydrogens (tertiary/aromatic N) is 1. The molecule has 0 saturated carbocycles. The van der Waals surface area contributed by atoms with Crippen molar-refractivity contribution in [3.63, 3.8) is 0 Å². The summed E-state index contributed by atoms with van der Waals surface area (Å²) in [6, 6.07) is 0. The Morgan fingerprint density at radius 2 is 2.19 bits per heavy atom. The molecule has 0 atom stereocenters. The first-order chi connectivity index (χ1) is 7.74. The van der Waals surface area contributed by atoms with Gasteiger partial charge in [-0.1, -0.05) is 26.2 Å². The van der Waals surface area contributed by atoms with Crippen molar-refractivity contribution in [2.24, 2.45) is 5.10 Å². The summed E-state index contributed by atoms with van der Waals surface area (Å²) in [5.74, 6) is -0.281. The van der Waals surface area contributed by atoms with Gasteiger partial charge in [-0.15, -0.1) is 0 Å². The maximum atomic E-state index is 11.5.